The summed E-state index contributed by atoms with van der Waals surface area (Å²) >= 11 is 1.87. The fraction of sp³-hybridized carbons (Fsp3) is 0.417. The van der Waals surface area contributed by atoms with Gasteiger partial charge in [0, 0.05) is 16.7 Å². The van der Waals surface area contributed by atoms with E-state index in [0.29, 0.717) is 9.99 Å². The van der Waals surface area contributed by atoms with E-state index in [0.717, 1.165) is 0 Å². The van der Waals surface area contributed by atoms with Crippen molar-refractivity contribution in [3.8, 4) is 0 Å². The number of carbonyl (C=O) groups is 1. The van der Waals surface area contributed by atoms with Gasteiger partial charge in [0.1, 0.15) is 0 Å². The summed E-state index contributed by atoms with van der Waals surface area (Å²) in [7, 11) is -2.15. The zero-order chi connectivity index (χ0) is 14.8. The SMILES string of the molecule is CCC(C)N(C)S(=O)(=O)c1ccc(I)c(C(=O)O)c1. The maximum atomic E-state index is 12.3. The van der Waals surface area contributed by atoms with Crippen molar-refractivity contribution < 1.29 is 18.3 Å². The van der Waals surface area contributed by atoms with E-state index in [1.807, 2.05) is 36.4 Å². The Morgan fingerprint density at radius 3 is 2.53 bits per heavy atom. The molecule has 106 valence electrons. The Labute approximate surface area is 126 Å². The van der Waals surface area contributed by atoms with Gasteiger partial charge in [0.05, 0.1) is 10.5 Å². The zero-order valence-corrected chi connectivity index (χ0v) is 13.9. The topological polar surface area (TPSA) is 74.7 Å². The quantitative estimate of drug-likeness (QED) is 0.775. The second-order valence-electron chi connectivity index (χ2n) is 4.23. The van der Waals surface area contributed by atoms with Crippen molar-refractivity contribution in [2.75, 3.05) is 7.05 Å². The lowest BCUT2D eigenvalue weighted by Gasteiger charge is -2.23. The second-order valence-corrected chi connectivity index (χ2v) is 7.39. The van der Waals surface area contributed by atoms with Gasteiger partial charge in [0.25, 0.3) is 0 Å². The average molecular weight is 397 g/mol. The summed E-state index contributed by atoms with van der Waals surface area (Å²) in [6, 6.07) is 4.00. The first-order valence-electron chi connectivity index (χ1n) is 5.72. The van der Waals surface area contributed by atoms with E-state index < -0.39 is 16.0 Å². The predicted molar refractivity (Wildman–Crippen MR) is 80.8 cm³/mol. The van der Waals surface area contributed by atoms with Crippen LogP contribution < -0.4 is 0 Å². The molecule has 0 spiro atoms. The van der Waals surface area contributed by atoms with Crippen molar-refractivity contribution in [3.05, 3.63) is 27.3 Å². The van der Waals surface area contributed by atoms with Gasteiger partial charge >= 0.3 is 5.97 Å². The van der Waals surface area contributed by atoms with E-state index in [1.165, 1.54) is 29.6 Å². The summed E-state index contributed by atoms with van der Waals surface area (Å²) in [5.41, 5.74) is -0.000716. The first kappa shape index (κ1) is 16.4. The molecule has 1 aromatic carbocycles. The van der Waals surface area contributed by atoms with E-state index in [1.54, 1.807) is 0 Å². The number of hydrogen-bond acceptors (Lipinski definition) is 3. The first-order valence-corrected chi connectivity index (χ1v) is 8.24. The maximum Gasteiger partial charge on any atom is 0.336 e. The van der Waals surface area contributed by atoms with E-state index in [9.17, 15) is 13.2 Å². The molecule has 5 nitrogen and oxygen atoms in total. The maximum absolute atomic E-state index is 12.3. The van der Waals surface area contributed by atoms with Crippen LogP contribution in [0.5, 0.6) is 0 Å². The predicted octanol–water partition coefficient (Wildman–Crippen LogP) is 2.41. The third-order valence-corrected chi connectivity index (χ3v) is 5.97. The number of sulfonamides is 1. The molecule has 0 amide bonds. The Hall–Kier alpha value is -0.670. The summed E-state index contributed by atoms with van der Waals surface area (Å²) in [4.78, 5) is 11.1. The summed E-state index contributed by atoms with van der Waals surface area (Å²) in [6.45, 7) is 3.70. The van der Waals surface area contributed by atoms with Gasteiger partial charge in [-0.1, -0.05) is 6.92 Å². The highest BCUT2D eigenvalue weighted by molar-refractivity contribution is 14.1. The standard InChI is InChI=1S/C12H16INO4S/c1-4-8(2)14(3)19(17,18)9-5-6-11(13)10(7-9)12(15)16/h5-8H,4H2,1-3H3,(H,15,16). The van der Waals surface area contributed by atoms with Gasteiger partial charge in [-0.25, -0.2) is 13.2 Å². The number of hydrogen-bond donors (Lipinski definition) is 1. The summed E-state index contributed by atoms with van der Waals surface area (Å²) in [5, 5.41) is 9.04. The van der Waals surface area contributed by atoms with Crippen LogP contribution in [0.3, 0.4) is 0 Å². The van der Waals surface area contributed by atoms with Crippen LogP contribution in [0.15, 0.2) is 23.1 Å². The largest absolute Gasteiger partial charge is 0.478 e. The third kappa shape index (κ3) is 3.46. The molecule has 0 aliphatic carbocycles. The van der Waals surface area contributed by atoms with Crippen LogP contribution in [0.25, 0.3) is 0 Å². The number of aromatic carboxylic acids is 1. The molecule has 0 bridgehead atoms. The lowest BCUT2D eigenvalue weighted by atomic mass is 10.2. The minimum Gasteiger partial charge on any atom is -0.478 e. The molecule has 0 aromatic heterocycles. The number of halogens is 1. The Bertz CT molecular complexity index is 585. The normalized spacial score (nSPS) is 13.5. The van der Waals surface area contributed by atoms with Crippen LogP contribution in [0.1, 0.15) is 30.6 Å². The fourth-order valence-electron chi connectivity index (χ4n) is 1.49. The van der Waals surface area contributed by atoms with Crippen molar-refractivity contribution >= 4 is 38.6 Å². The monoisotopic (exact) mass is 397 g/mol. The molecule has 0 heterocycles. The molecule has 0 saturated heterocycles. The van der Waals surface area contributed by atoms with Crippen molar-refractivity contribution in [3.63, 3.8) is 0 Å². The van der Waals surface area contributed by atoms with Gasteiger partial charge < -0.3 is 5.11 Å². The Morgan fingerprint density at radius 1 is 1.47 bits per heavy atom. The highest BCUT2D eigenvalue weighted by atomic mass is 127. The van der Waals surface area contributed by atoms with Crippen molar-refractivity contribution in [1.29, 1.82) is 0 Å². The van der Waals surface area contributed by atoms with Crippen LogP contribution >= 0.6 is 22.6 Å². The number of nitrogens with zero attached hydrogens (tertiary/aromatic N) is 1. The molecule has 19 heavy (non-hydrogen) atoms. The highest BCUT2D eigenvalue weighted by Crippen LogP contribution is 2.22. The van der Waals surface area contributed by atoms with Crippen LogP contribution in [0.2, 0.25) is 0 Å². The molecule has 7 heteroatoms. The third-order valence-electron chi connectivity index (χ3n) is 3.06. The van der Waals surface area contributed by atoms with E-state index in [2.05, 4.69) is 0 Å². The molecular formula is C12H16INO4S. The Morgan fingerprint density at radius 2 is 2.05 bits per heavy atom. The summed E-state index contributed by atoms with van der Waals surface area (Å²) in [6.07, 6.45) is 0.686. The summed E-state index contributed by atoms with van der Waals surface area (Å²) in [5.74, 6) is -1.13. The molecule has 1 unspecified atom stereocenters. The van der Waals surface area contributed by atoms with Crippen molar-refractivity contribution in [2.24, 2.45) is 0 Å². The van der Waals surface area contributed by atoms with E-state index >= 15 is 0 Å². The van der Waals surface area contributed by atoms with Gasteiger partial charge in [-0.2, -0.15) is 4.31 Å². The fourth-order valence-corrected chi connectivity index (χ4v) is 3.52. The van der Waals surface area contributed by atoms with Crippen LogP contribution in [-0.4, -0.2) is 36.9 Å². The van der Waals surface area contributed by atoms with Gasteiger partial charge in [-0.15, -0.1) is 0 Å². The number of carboxylic acids is 1. The van der Waals surface area contributed by atoms with Crippen molar-refractivity contribution in [2.45, 2.75) is 31.2 Å². The van der Waals surface area contributed by atoms with Crippen LogP contribution in [0.4, 0.5) is 0 Å². The Kier molecular flexibility index (Phi) is 5.34. The average Bonchev–Trinajstić information content (AvgIpc) is 2.36. The lowest BCUT2D eigenvalue weighted by molar-refractivity contribution is 0.0695. The minimum atomic E-state index is -3.66. The number of benzene rings is 1. The van der Waals surface area contributed by atoms with E-state index in [4.69, 9.17) is 5.11 Å². The highest BCUT2D eigenvalue weighted by Gasteiger charge is 2.25. The van der Waals surface area contributed by atoms with E-state index in [-0.39, 0.29) is 16.5 Å². The molecular weight excluding hydrogens is 381 g/mol. The molecule has 1 aromatic rings. The van der Waals surface area contributed by atoms with Gasteiger partial charge in [0.2, 0.25) is 10.0 Å². The van der Waals surface area contributed by atoms with Crippen LogP contribution in [0, 0.1) is 3.57 Å². The van der Waals surface area contributed by atoms with Crippen LogP contribution in [-0.2, 0) is 10.0 Å². The smallest absolute Gasteiger partial charge is 0.336 e. The molecule has 1 rings (SSSR count). The second kappa shape index (κ2) is 6.19. The summed E-state index contributed by atoms with van der Waals surface area (Å²) < 4.78 is 26.5. The van der Waals surface area contributed by atoms with Crippen molar-refractivity contribution in [1.82, 2.24) is 4.31 Å². The molecule has 0 aliphatic heterocycles. The lowest BCUT2D eigenvalue weighted by Crippen LogP contribution is -2.34. The molecule has 0 radical (unpaired) electrons. The molecule has 0 fully saturated rings. The van der Waals surface area contributed by atoms with Gasteiger partial charge in [-0.3, -0.25) is 0 Å². The molecule has 1 N–H and O–H groups in total. The number of carboxylic acid groups (broad SMARTS) is 1. The molecule has 1 atom stereocenters. The molecule has 0 saturated carbocycles. The zero-order valence-electron chi connectivity index (χ0n) is 10.9. The first-order chi connectivity index (χ1) is 8.71. The van der Waals surface area contributed by atoms with Gasteiger partial charge in [-0.05, 0) is 54.1 Å². The number of rotatable bonds is 5. The Balaban J connectivity index is 3.30. The minimum absolute atomic E-state index is 0.000716. The molecule has 0 aliphatic rings. The van der Waals surface area contributed by atoms with Gasteiger partial charge in [0.15, 0.2) is 0 Å².